The van der Waals surface area contributed by atoms with Gasteiger partial charge in [0, 0.05) is 0 Å². The highest BCUT2D eigenvalue weighted by molar-refractivity contribution is 5.56. The van der Waals surface area contributed by atoms with Gasteiger partial charge in [0.2, 0.25) is 0 Å². The summed E-state index contributed by atoms with van der Waals surface area (Å²) in [6.07, 6.45) is 2.86. The molecule has 1 aromatic carbocycles. The van der Waals surface area contributed by atoms with Gasteiger partial charge in [-0.2, -0.15) is 0 Å². The maximum Gasteiger partial charge on any atom is 0.149 e. The van der Waals surface area contributed by atoms with Crippen LogP contribution in [0.25, 0.3) is 0 Å². The van der Waals surface area contributed by atoms with Crippen LogP contribution < -0.4 is 11.1 Å². The van der Waals surface area contributed by atoms with Crippen molar-refractivity contribution in [3.63, 3.8) is 0 Å². The Bertz CT molecular complexity index is 496. The van der Waals surface area contributed by atoms with E-state index in [0.29, 0.717) is 17.3 Å². The van der Waals surface area contributed by atoms with Gasteiger partial charge in [-0.05, 0) is 24.6 Å². The summed E-state index contributed by atoms with van der Waals surface area (Å²) in [5.41, 5.74) is 6.63. The molecule has 0 amide bonds. The molecule has 0 radical (unpaired) electrons. The second kappa shape index (κ2) is 4.14. The molecule has 0 fully saturated rings. The Kier molecular flexibility index (Phi) is 2.68. The number of rotatable bonds is 2. The number of anilines is 3. The number of nitrogens with one attached hydrogen (secondary N) is 1. The fraction of sp³-hybridized carbons (Fsp3) is 0.0909. The average Bonchev–Trinajstić information content (AvgIpc) is 2.25. The van der Waals surface area contributed by atoms with Crippen molar-refractivity contribution in [1.82, 2.24) is 9.97 Å². The van der Waals surface area contributed by atoms with E-state index in [0.717, 1.165) is 5.56 Å². The first-order chi connectivity index (χ1) is 7.65. The van der Waals surface area contributed by atoms with E-state index in [-0.39, 0.29) is 5.82 Å². The first-order valence-corrected chi connectivity index (χ1v) is 4.76. The number of hydrogen-bond acceptors (Lipinski definition) is 4. The van der Waals surface area contributed by atoms with Gasteiger partial charge in [-0.25, -0.2) is 14.4 Å². The fourth-order valence-corrected chi connectivity index (χ4v) is 1.26. The van der Waals surface area contributed by atoms with Gasteiger partial charge in [0.1, 0.15) is 17.5 Å². The van der Waals surface area contributed by atoms with Gasteiger partial charge in [0.05, 0.1) is 18.1 Å². The molecule has 2 rings (SSSR count). The number of nitrogens with two attached hydrogens (primary N) is 1. The molecule has 0 saturated heterocycles. The minimum atomic E-state index is -0.321. The van der Waals surface area contributed by atoms with Crippen LogP contribution in [0.2, 0.25) is 0 Å². The molecule has 1 heterocycles. The predicted molar refractivity (Wildman–Crippen MR) is 60.9 cm³/mol. The van der Waals surface area contributed by atoms with Crippen LogP contribution >= 0.6 is 0 Å². The lowest BCUT2D eigenvalue weighted by molar-refractivity contribution is 0.630. The Balaban J connectivity index is 2.23. The monoisotopic (exact) mass is 218 g/mol. The standard InChI is InChI=1S/C11H11FN4/c1-7-2-3-9(8(12)4-7)16-11-6-14-10(13)5-15-11/h2-6H,1H3,(H2,13,14)(H,15,16). The lowest BCUT2D eigenvalue weighted by Crippen LogP contribution is -1.99. The molecule has 0 bridgehead atoms. The lowest BCUT2D eigenvalue weighted by atomic mass is 10.2. The Morgan fingerprint density at radius 3 is 2.69 bits per heavy atom. The van der Waals surface area contributed by atoms with Crippen molar-refractivity contribution in [2.24, 2.45) is 0 Å². The van der Waals surface area contributed by atoms with Gasteiger partial charge in [-0.15, -0.1) is 0 Å². The largest absolute Gasteiger partial charge is 0.382 e. The van der Waals surface area contributed by atoms with Crippen molar-refractivity contribution in [1.29, 1.82) is 0 Å². The highest BCUT2D eigenvalue weighted by Crippen LogP contribution is 2.19. The molecule has 4 nitrogen and oxygen atoms in total. The first-order valence-electron chi connectivity index (χ1n) is 4.76. The summed E-state index contributed by atoms with van der Waals surface area (Å²) in [5, 5.41) is 2.82. The molecule has 0 saturated carbocycles. The van der Waals surface area contributed by atoms with Crippen molar-refractivity contribution in [2.75, 3.05) is 11.1 Å². The topological polar surface area (TPSA) is 63.8 Å². The highest BCUT2D eigenvalue weighted by Gasteiger charge is 2.03. The summed E-state index contributed by atoms with van der Waals surface area (Å²) < 4.78 is 13.5. The molecule has 0 aliphatic rings. The van der Waals surface area contributed by atoms with Gasteiger partial charge < -0.3 is 11.1 Å². The maximum absolute atomic E-state index is 13.5. The first kappa shape index (κ1) is 10.4. The molecule has 5 heteroatoms. The number of aryl methyl sites for hydroxylation is 1. The second-order valence-electron chi connectivity index (χ2n) is 3.43. The smallest absolute Gasteiger partial charge is 0.149 e. The number of nitrogen functional groups attached to an aromatic ring is 1. The van der Waals surface area contributed by atoms with E-state index in [2.05, 4.69) is 15.3 Å². The molecule has 0 spiro atoms. The fourth-order valence-electron chi connectivity index (χ4n) is 1.26. The second-order valence-corrected chi connectivity index (χ2v) is 3.43. The number of hydrogen-bond donors (Lipinski definition) is 2. The van der Waals surface area contributed by atoms with Crippen LogP contribution in [-0.2, 0) is 0 Å². The SMILES string of the molecule is Cc1ccc(Nc2cnc(N)cn2)c(F)c1. The summed E-state index contributed by atoms with van der Waals surface area (Å²) in [4.78, 5) is 7.82. The number of aromatic nitrogens is 2. The van der Waals surface area contributed by atoms with Crippen LogP contribution in [0.3, 0.4) is 0 Å². The third kappa shape index (κ3) is 2.25. The maximum atomic E-state index is 13.5. The number of halogens is 1. The highest BCUT2D eigenvalue weighted by atomic mass is 19.1. The zero-order valence-corrected chi connectivity index (χ0v) is 8.74. The molecule has 2 aromatic rings. The van der Waals surface area contributed by atoms with E-state index < -0.39 is 0 Å². The Labute approximate surface area is 92.3 Å². The van der Waals surface area contributed by atoms with Crippen molar-refractivity contribution < 1.29 is 4.39 Å². The number of nitrogens with zero attached hydrogens (tertiary/aromatic N) is 2. The van der Waals surface area contributed by atoms with E-state index >= 15 is 0 Å². The quantitative estimate of drug-likeness (QED) is 0.811. The molecule has 3 N–H and O–H groups in total. The van der Waals surface area contributed by atoms with Crippen molar-refractivity contribution in [3.05, 3.63) is 42.0 Å². The van der Waals surface area contributed by atoms with E-state index in [9.17, 15) is 4.39 Å². The van der Waals surface area contributed by atoms with E-state index in [1.165, 1.54) is 18.5 Å². The molecule has 1 aromatic heterocycles. The van der Waals surface area contributed by atoms with E-state index in [4.69, 9.17) is 5.73 Å². The summed E-state index contributed by atoms with van der Waals surface area (Å²) in [5.74, 6) is 0.463. The summed E-state index contributed by atoms with van der Waals surface area (Å²) in [7, 11) is 0. The Morgan fingerprint density at radius 1 is 1.25 bits per heavy atom. The van der Waals surface area contributed by atoms with Crippen molar-refractivity contribution in [2.45, 2.75) is 6.92 Å². The lowest BCUT2D eigenvalue weighted by Gasteiger charge is -2.06. The average molecular weight is 218 g/mol. The van der Waals surface area contributed by atoms with Crippen LogP contribution in [0.15, 0.2) is 30.6 Å². The molecular formula is C11H11FN4. The van der Waals surface area contributed by atoms with Gasteiger partial charge in [0.25, 0.3) is 0 Å². The van der Waals surface area contributed by atoms with Crippen LogP contribution in [0, 0.1) is 12.7 Å². The minimum Gasteiger partial charge on any atom is -0.382 e. The zero-order chi connectivity index (χ0) is 11.5. The van der Waals surface area contributed by atoms with Crippen molar-refractivity contribution >= 4 is 17.3 Å². The third-order valence-corrected chi connectivity index (χ3v) is 2.06. The van der Waals surface area contributed by atoms with Gasteiger partial charge in [-0.3, -0.25) is 0 Å². The van der Waals surface area contributed by atoms with Crippen molar-refractivity contribution in [3.8, 4) is 0 Å². The molecule has 82 valence electrons. The molecule has 0 atom stereocenters. The third-order valence-electron chi connectivity index (χ3n) is 2.06. The van der Waals surface area contributed by atoms with E-state index in [1.54, 1.807) is 6.07 Å². The molecule has 16 heavy (non-hydrogen) atoms. The Hall–Kier alpha value is -2.17. The van der Waals surface area contributed by atoms with Crippen LogP contribution in [0.1, 0.15) is 5.56 Å². The van der Waals surface area contributed by atoms with Gasteiger partial charge in [0.15, 0.2) is 0 Å². The molecule has 0 aliphatic heterocycles. The summed E-state index contributed by atoms with van der Waals surface area (Å²) in [6.45, 7) is 1.83. The number of benzene rings is 1. The molecule has 0 aliphatic carbocycles. The Morgan fingerprint density at radius 2 is 2.06 bits per heavy atom. The van der Waals surface area contributed by atoms with Crippen LogP contribution in [0.4, 0.5) is 21.7 Å². The van der Waals surface area contributed by atoms with Gasteiger partial charge >= 0.3 is 0 Å². The summed E-state index contributed by atoms with van der Waals surface area (Å²) >= 11 is 0. The normalized spacial score (nSPS) is 10.1. The van der Waals surface area contributed by atoms with Crippen LogP contribution in [0.5, 0.6) is 0 Å². The van der Waals surface area contributed by atoms with Gasteiger partial charge in [-0.1, -0.05) is 6.07 Å². The predicted octanol–water partition coefficient (Wildman–Crippen LogP) is 2.25. The summed E-state index contributed by atoms with van der Waals surface area (Å²) in [6, 6.07) is 4.92. The van der Waals surface area contributed by atoms with Crippen LogP contribution in [-0.4, -0.2) is 9.97 Å². The minimum absolute atomic E-state index is 0.321. The zero-order valence-electron chi connectivity index (χ0n) is 8.74. The molecular weight excluding hydrogens is 207 g/mol. The molecule has 0 unspecified atom stereocenters. The van der Waals surface area contributed by atoms with E-state index in [1.807, 2.05) is 13.0 Å².